The molecule has 0 aromatic heterocycles. The second kappa shape index (κ2) is 13.0. The Morgan fingerprint density at radius 2 is 1.66 bits per heavy atom. The Balaban J connectivity index is 1.75. The highest BCUT2D eigenvalue weighted by molar-refractivity contribution is 14.1. The van der Waals surface area contributed by atoms with Crippen molar-refractivity contribution in [3.63, 3.8) is 0 Å². The topological polar surface area (TPSA) is 74.9 Å². The number of thioether (sulfide) groups is 1. The van der Waals surface area contributed by atoms with Crippen LogP contribution in [-0.4, -0.2) is 24.3 Å². The van der Waals surface area contributed by atoms with Gasteiger partial charge in [0.1, 0.15) is 6.07 Å². The first kappa shape index (κ1) is 27.7. The van der Waals surface area contributed by atoms with Crippen LogP contribution in [0.4, 0.5) is 11.4 Å². The number of carbonyl (C=O) groups is 1. The molecule has 1 amide bonds. The molecule has 0 saturated carbocycles. The quantitative estimate of drug-likeness (QED) is 0.179. The molecule has 1 fully saturated rings. The number of anilines is 1. The van der Waals surface area contributed by atoms with E-state index in [1.807, 2.05) is 67.6 Å². The molecular formula is C30H28IN3O3S. The highest BCUT2D eigenvalue weighted by Crippen LogP contribution is 2.40. The molecule has 1 aliphatic heterocycles. The first-order valence-corrected chi connectivity index (χ1v) is 14.3. The maximum Gasteiger partial charge on any atom is 0.271 e. The monoisotopic (exact) mass is 637 g/mol. The Hall–Kier alpha value is -3.29. The molecule has 38 heavy (non-hydrogen) atoms. The van der Waals surface area contributed by atoms with E-state index in [-0.39, 0.29) is 12.5 Å². The lowest BCUT2D eigenvalue weighted by Crippen LogP contribution is -2.28. The van der Waals surface area contributed by atoms with Gasteiger partial charge in [0.25, 0.3) is 5.91 Å². The average Bonchev–Trinajstić information content (AvgIpc) is 3.22. The van der Waals surface area contributed by atoms with Gasteiger partial charge in [-0.1, -0.05) is 38.1 Å². The first-order chi connectivity index (χ1) is 18.5. The van der Waals surface area contributed by atoms with Crippen LogP contribution in [-0.2, 0) is 17.6 Å². The van der Waals surface area contributed by atoms with Gasteiger partial charge in [0.15, 0.2) is 23.3 Å². The summed E-state index contributed by atoms with van der Waals surface area (Å²) in [6.45, 7) is 6.48. The standard InChI is InChI=1S/C30H28IN3O3S/c1-4-20-7-11-23(12-8-20)33-30-34(24-13-9-21(5-2)10-14-24)29(35)27(38-30)19-22-17-25(31)28(37-16-15-32)26(18-22)36-6-3/h7-14,17-19H,4-6,16H2,1-3H3/b27-19-,33-30?. The van der Waals surface area contributed by atoms with Gasteiger partial charge in [-0.05, 0) is 113 Å². The number of rotatable bonds is 9. The summed E-state index contributed by atoms with van der Waals surface area (Å²) >= 11 is 3.50. The van der Waals surface area contributed by atoms with Gasteiger partial charge in [-0.3, -0.25) is 9.69 Å². The highest BCUT2D eigenvalue weighted by atomic mass is 127. The number of aliphatic imine (C=N–C) groups is 1. The number of ether oxygens (including phenoxy) is 2. The van der Waals surface area contributed by atoms with Crippen molar-refractivity contribution in [2.24, 2.45) is 4.99 Å². The van der Waals surface area contributed by atoms with Gasteiger partial charge in [0.2, 0.25) is 0 Å². The number of aryl methyl sites for hydroxylation is 2. The summed E-state index contributed by atoms with van der Waals surface area (Å²) in [7, 11) is 0. The Kier molecular flexibility index (Phi) is 9.48. The Bertz CT molecular complexity index is 1410. The molecule has 0 atom stereocenters. The van der Waals surface area contributed by atoms with Crippen LogP contribution in [0.5, 0.6) is 11.5 Å². The Morgan fingerprint density at radius 3 is 2.26 bits per heavy atom. The van der Waals surface area contributed by atoms with E-state index in [4.69, 9.17) is 19.7 Å². The highest BCUT2D eigenvalue weighted by Gasteiger charge is 2.35. The first-order valence-electron chi connectivity index (χ1n) is 12.4. The molecule has 3 aromatic carbocycles. The van der Waals surface area contributed by atoms with E-state index in [9.17, 15) is 4.79 Å². The van der Waals surface area contributed by atoms with Crippen LogP contribution in [0.2, 0.25) is 0 Å². The van der Waals surface area contributed by atoms with Crippen molar-refractivity contribution in [2.45, 2.75) is 33.6 Å². The van der Waals surface area contributed by atoms with Crippen LogP contribution >= 0.6 is 34.4 Å². The third-order valence-electron chi connectivity index (χ3n) is 5.89. The number of hydrogen-bond acceptors (Lipinski definition) is 6. The minimum atomic E-state index is -0.138. The van der Waals surface area contributed by atoms with Gasteiger partial charge in [-0.25, -0.2) is 4.99 Å². The number of nitriles is 1. The summed E-state index contributed by atoms with van der Waals surface area (Å²) in [5, 5.41) is 9.53. The molecule has 6 nitrogen and oxygen atoms in total. The van der Waals surface area contributed by atoms with E-state index >= 15 is 0 Å². The zero-order chi connectivity index (χ0) is 27.1. The molecule has 8 heteroatoms. The summed E-state index contributed by atoms with van der Waals surface area (Å²) in [5.41, 5.74) is 4.80. The zero-order valence-corrected chi connectivity index (χ0v) is 24.5. The molecule has 0 unspecified atom stereocenters. The molecular weight excluding hydrogens is 609 g/mol. The minimum Gasteiger partial charge on any atom is -0.490 e. The maximum atomic E-state index is 13.7. The summed E-state index contributed by atoms with van der Waals surface area (Å²) in [6, 6.07) is 21.8. The zero-order valence-electron chi connectivity index (χ0n) is 21.5. The lowest BCUT2D eigenvalue weighted by molar-refractivity contribution is -0.113. The normalized spacial score (nSPS) is 15.2. The second-order valence-corrected chi connectivity index (χ2v) is 10.6. The van der Waals surface area contributed by atoms with Crippen molar-refractivity contribution < 1.29 is 14.3 Å². The molecule has 1 heterocycles. The smallest absolute Gasteiger partial charge is 0.271 e. The van der Waals surface area contributed by atoms with Crippen LogP contribution in [0.15, 0.2) is 70.6 Å². The van der Waals surface area contributed by atoms with Gasteiger partial charge in [0, 0.05) is 0 Å². The van der Waals surface area contributed by atoms with E-state index in [1.54, 1.807) is 4.90 Å². The van der Waals surface area contributed by atoms with E-state index in [1.165, 1.54) is 22.9 Å². The SMILES string of the molecule is CCOc1cc(/C=C2\SC(=Nc3ccc(CC)cc3)N(c3ccc(CC)cc3)C2=O)cc(I)c1OCC#N. The number of halogens is 1. The van der Waals surface area contributed by atoms with Crippen molar-refractivity contribution in [1.82, 2.24) is 0 Å². The number of amides is 1. The van der Waals surface area contributed by atoms with Gasteiger partial charge in [0.05, 0.1) is 26.5 Å². The third kappa shape index (κ3) is 6.40. The van der Waals surface area contributed by atoms with E-state index in [0.717, 1.165) is 33.4 Å². The van der Waals surface area contributed by atoms with Crippen LogP contribution in [0.1, 0.15) is 37.5 Å². The van der Waals surface area contributed by atoms with E-state index in [0.29, 0.717) is 28.2 Å². The number of hydrogen-bond donors (Lipinski definition) is 0. The lowest BCUT2D eigenvalue weighted by Gasteiger charge is -2.16. The lowest BCUT2D eigenvalue weighted by atomic mass is 10.1. The predicted molar refractivity (Wildman–Crippen MR) is 163 cm³/mol. The fourth-order valence-electron chi connectivity index (χ4n) is 3.90. The van der Waals surface area contributed by atoms with Crippen molar-refractivity contribution in [3.05, 3.63) is 85.8 Å². The van der Waals surface area contributed by atoms with Crippen molar-refractivity contribution in [3.8, 4) is 17.6 Å². The number of nitrogens with zero attached hydrogens (tertiary/aromatic N) is 3. The molecule has 0 spiro atoms. The van der Waals surface area contributed by atoms with Gasteiger partial charge < -0.3 is 9.47 Å². The van der Waals surface area contributed by atoms with Crippen molar-refractivity contribution in [2.75, 3.05) is 18.1 Å². The summed E-state index contributed by atoms with van der Waals surface area (Å²) < 4.78 is 12.2. The van der Waals surface area contributed by atoms with Gasteiger partial charge in [-0.2, -0.15) is 5.26 Å². The summed E-state index contributed by atoms with van der Waals surface area (Å²) in [5.74, 6) is 0.923. The van der Waals surface area contributed by atoms with Crippen LogP contribution in [0.25, 0.3) is 6.08 Å². The Labute approximate surface area is 241 Å². The molecule has 4 rings (SSSR count). The number of amidine groups is 1. The van der Waals surface area contributed by atoms with Crippen LogP contribution in [0.3, 0.4) is 0 Å². The average molecular weight is 638 g/mol. The molecule has 0 aliphatic carbocycles. The van der Waals surface area contributed by atoms with E-state index in [2.05, 4.69) is 48.6 Å². The van der Waals surface area contributed by atoms with Crippen LogP contribution < -0.4 is 14.4 Å². The number of carbonyl (C=O) groups excluding carboxylic acids is 1. The molecule has 0 bridgehead atoms. The van der Waals surface area contributed by atoms with Crippen LogP contribution in [0, 0.1) is 14.9 Å². The second-order valence-electron chi connectivity index (χ2n) is 8.40. The van der Waals surface area contributed by atoms with Gasteiger partial charge in [-0.15, -0.1) is 0 Å². The largest absolute Gasteiger partial charge is 0.490 e. The van der Waals surface area contributed by atoms with Crippen molar-refractivity contribution in [1.29, 1.82) is 5.26 Å². The minimum absolute atomic E-state index is 0.0737. The summed E-state index contributed by atoms with van der Waals surface area (Å²) in [4.78, 5) is 20.8. The molecule has 194 valence electrons. The van der Waals surface area contributed by atoms with E-state index < -0.39 is 0 Å². The third-order valence-corrected chi connectivity index (χ3v) is 7.66. The molecule has 1 aliphatic rings. The van der Waals surface area contributed by atoms with Gasteiger partial charge >= 0.3 is 0 Å². The number of benzene rings is 3. The molecule has 1 saturated heterocycles. The fraction of sp³-hybridized carbons (Fsp3) is 0.233. The summed E-state index contributed by atoms with van der Waals surface area (Å²) in [6.07, 6.45) is 3.73. The Morgan fingerprint density at radius 1 is 1.00 bits per heavy atom. The maximum absolute atomic E-state index is 13.7. The molecule has 0 radical (unpaired) electrons. The molecule has 0 N–H and O–H groups in total. The fourth-order valence-corrected chi connectivity index (χ4v) is 5.69. The van der Waals surface area contributed by atoms with Crippen molar-refractivity contribution >= 4 is 62.9 Å². The predicted octanol–water partition coefficient (Wildman–Crippen LogP) is 7.53. The molecule has 3 aromatic rings.